The van der Waals surface area contributed by atoms with E-state index in [4.69, 9.17) is 21.2 Å². The van der Waals surface area contributed by atoms with Gasteiger partial charge in [-0.2, -0.15) is 0 Å². The molecule has 164 valence electrons. The number of rotatable bonds is 5. The van der Waals surface area contributed by atoms with Crippen molar-refractivity contribution in [3.8, 4) is 34.1 Å². The summed E-state index contributed by atoms with van der Waals surface area (Å²) in [5, 5.41) is 26.0. The van der Waals surface area contributed by atoms with Gasteiger partial charge < -0.3 is 14.6 Å². The Bertz CT molecular complexity index is 1500. The van der Waals surface area contributed by atoms with Crippen molar-refractivity contribution in [1.29, 1.82) is 0 Å². The van der Waals surface area contributed by atoms with Crippen molar-refractivity contribution in [3.05, 3.63) is 69.7 Å². The minimum Gasteiger partial charge on any atom is -0.507 e. The molecule has 0 saturated carbocycles. The highest BCUT2D eigenvalue weighted by Gasteiger charge is 2.21. The third kappa shape index (κ3) is 4.28. The molecule has 4 aromatic rings. The molecular formula is C21H16ClN3O6S. The molecule has 2 aromatic carbocycles. The first-order chi connectivity index (χ1) is 15.1. The zero-order chi connectivity index (χ0) is 23.0. The average molecular weight is 474 g/mol. The second-order valence-electron chi connectivity index (χ2n) is 6.96. The first-order valence-electron chi connectivity index (χ1n) is 9.23. The number of aromatic hydroxyl groups is 2. The SMILES string of the molecule is NS(=O)(=O)CCc1cnc(-c2c(O)cc(O)c3c(=O)cc(-c4ccccc4Cl)oc23)cn1. The number of phenols is 2. The fourth-order valence-corrected chi connectivity index (χ4v) is 3.93. The van der Waals surface area contributed by atoms with Gasteiger partial charge in [-0.05, 0) is 12.1 Å². The monoisotopic (exact) mass is 473 g/mol. The van der Waals surface area contributed by atoms with E-state index in [2.05, 4.69) is 9.97 Å². The number of nitrogens with two attached hydrogens (primary N) is 1. The van der Waals surface area contributed by atoms with Crippen LogP contribution in [0.2, 0.25) is 5.02 Å². The van der Waals surface area contributed by atoms with Gasteiger partial charge in [-0.15, -0.1) is 0 Å². The summed E-state index contributed by atoms with van der Waals surface area (Å²) in [4.78, 5) is 21.1. The highest BCUT2D eigenvalue weighted by Crippen LogP contribution is 2.40. The van der Waals surface area contributed by atoms with Gasteiger partial charge in [-0.3, -0.25) is 14.8 Å². The molecule has 0 radical (unpaired) electrons. The van der Waals surface area contributed by atoms with E-state index in [0.29, 0.717) is 16.3 Å². The number of aromatic nitrogens is 2. The van der Waals surface area contributed by atoms with Crippen LogP contribution in [0.1, 0.15) is 5.69 Å². The fraction of sp³-hybridized carbons (Fsp3) is 0.0952. The lowest BCUT2D eigenvalue weighted by Crippen LogP contribution is -2.18. The van der Waals surface area contributed by atoms with Crippen LogP contribution in [-0.2, 0) is 16.4 Å². The molecule has 2 heterocycles. The molecule has 0 atom stereocenters. The molecule has 0 aliphatic carbocycles. The zero-order valence-electron chi connectivity index (χ0n) is 16.3. The molecule has 4 rings (SSSR count). The van der Waals surface area contributed by atoms with Crippen molar-refractivity contribution in [3.63, 3.8) is 0 Å². The van der Waals surface area contributed by atoms with Gasteiger partial charge in [0.05, 0.1) is 33.9 Å². The largest absolute Gasteiger partial charge is 0.507 e. The number of aryl methyl sites for hydroxylation is 1. The first-order valence-corrected chi connectivity index (χ1v) is 11.3. The Kier molecular flexibility index (Phi) is 5.59. The second kappa shape index (κ2) is 8.23. The van der Waals surface area contributed by atoms with E-state index in [0.717, 1.165) is 6.07 Å². The lowest BCUT2D eigenvalue weighted by Gasteiger charge is -2.11. The predicted molar refractivity (Wildman–Crippen MR) is 119 cm³/mol. The van der Waals surface area contributed by atoms with Gasteiger partial charge in [0.25, 0.3) is 0 Å². The fourth-order valence-electron chi connectivity index (χ4n) is 3.20. The number of fused-ring (bicyclic) bond motifs is 1. The van der Waals surface area contributed by atoms with Crippen LogP contribution in [0.15, 0.2) is 58.0 Å². The van der Waals surface area contributed by atoms with Crippen molar-refractivity contribution in [1.82, 2.24) is 9.97 Å². The molecule has 9 nitrogen and oxygen atoms in total. The summed E-state index contributed by atoms with van der Waals surface area (Å²) in [5.74, 6) is -1.01. The summed E-state index contributed by atoms with van der Waals surface area (Å²) in [6.45, 7) is 0. The Morgan fingerprint density at radius 2 is 1.81 bits per heavy atom. The summed E-state index contributed by atoms with van der Waals surface area (Å²) in [6, 6.07) is 8.95. The molecule has 0 aliphatic heterocycles. The summed E-state index contributed by atoms with van der Waals surface area (Å²) in [7, 11) is -3.66. The Morgan fingerprint density at radius 1 is 1.06 bits per heavy atom. The Morgan fingerprint density at radius 3 is 2.47 bits per heavy atom. The lowest BCUT2D eigenvalue weighted by molar-refractivity contribution is 0.453. The molecule has 0 saturated heterocycles. The molecule has 0 unspecified atom stereocenters. The molecule has 0 amide bonds. The van der Waals surface area contributed by atoms with Crippen molar-refractivity contribution in [2.45, 2.75) is 6.42 Å². The van der Waals surface area contributed by atoms with E-state index >= 15 is 0 Å². The van der Waals surface area contributed by atoms with Crippen molar-refractivity contribution in [2.75, 3.05) is 5.75 Å². The smallest absolute Gasteiger partial charge is 0.209 e. The zero-order valence-corrected chi connectivity index (χ0v) is 17.9. The van der Waals surface area contributed by atoms with Gasteiger partial charge in [0.15, 0.2) is 11.0 Å². The third-order valence-electron chi connectivity index (χ3n) is 4.70. The van der Waals surface area contributed by atoms with E-state index in [1.54, 1.807) is 24.3 Å². The molecule has 0 bridgehead atoms. The Labute approximate surface area is 186 Å². The van der Waals surface area contributed by atoms with Gasteiger partial charge in [-0.25, -0.2) is 13.6 Å². The summed E-state index contributed by atoms with van der Waals surface area (Å²) < 4.78 is 28.2. The molecule has 0 fully saturated rings. The Balaban J connectivity index is 1.89. The van der Waals surface area contributed by atoms with E-state index in [1.165, 1.54) is 18.5 Å². The van der Waals surface area contributed by atoms with E-state index in [-0.39, 0.29) is 45.9 Å². The highest BCUT2D eigenvalue weighted by atomic mass is 35.5. The normalized spacial score (nSPS) is 11.7. The molecular weight excluding hydrogens is 458 g/mol. The minimum atomic E-state index is -3.66. The maximum Gasteiger partial charge on any atom is 0.209 e. The second-order valence-corrected chi connectivity index (χ2v) is 9.10. The standard InChI is InChI=1S/C21H16ClN3O6S/c22-13-4-2-1-3-12(13)18-8-17(28)20-16(27)7-15(26)19(21(20)31-18)14-10-24-11(9-25-14)5-6-32(23,29)30/h1-4,7-10,26-27H,5-6H2,(H2,23,29,30). The van der Waals surface area contributed by atoms with Crippen LogP contribution in [0.5, 0.6) is 11.5 Å². The first kappa shape index (κ1) is 21.8. The van der Waals surface area contributed by atoms with Crippen molar-refractivity contribution < 1.29 is 23.0 Å². The van der Waals surface area contributed by atoms with Gasteiger partial charge in [0, 0.05) is 30.3 Å². The Hall–Kier alpha value is -3.47. The molecule has 11 heteroatoms. The number of phenolic OH excluding ortho intramolecular Hbond substituents is 2. The van der Waals surface area contributed by atoms with Crippen LogP contribution in [-0.4, -0.2) is 34.4 Å². The minimum absolute atomic E-state index is 0.0364. The van der Waals surface area contributed by atoms with Gasteiger partial charge in [0.2, 0.25) is 10.0 Å². The number of halogens is 1. The number of hydrogen-bond donors (Lipinski definition) is 3. The highest BCUT2D eigenvalue weighted by molar-refractivity contribution is 7.89. The number of nitrogens with zero attached hydrogens (tertiary/aromatic N) is 2. The molecule has 0 spiro atoms. The van der Waals surface area contributed by atoms with Crippen LogP contribution < -0.4 is 10.6 Å². The average Bonchev–Trinajstić information content (AvgIpc) is 2.72. The predicted octanol–water partition coefficient (Wildman–Crippen LogP) is 2.81. The number of hydrogen-bond acceptors (Lipinski definition) is 8. The maximum atomic E-state index is 12.8. The number of sulfonamides is 1. The molecule has 32 heavy (non-hydrogen) atoms. The van der Waals surface area contributed by atoms with E-state index < -0.39 is 21.2 Å². The van der Waals surface area contributed by atoms with Crippen LogP contribution in [0, 0.1) is 0 Å². The summed E-state index contributed by atoms with van der Waals surface area (Å²) >= 11 is 6.23. The van der Waals surface area contributed by atoms with Crippen LogP contribution in [0.25, 0.3) is 33.6 Å². The topological polar surface area (TPSA) is 157 Å². The van der Waals surface area contributed by atoms with Crippen LogP contribution >= 0.6 is 11.6 Å². The maximum absolute atomic E-state index is 12.8. The summed E-state index contributed by atoms with van der Waals surface area (Å²) in [6.07, 6.45) is 2.68. The van der Waals surface area contributed by atoms with Crippen molar-refractivity contribution >= 4 is 32.6 Å². The third-order valence-corrected chi connectivity index (χ3v) is 5.81. The number of primary sulfonamides is 1. The van der Waals surface area contributed by atoms with Gasteiger partial charge in [0.1, 0.15) is 22.6 Å². The lowest BCUT2D eigenvalue weighted by atomic mass is 10.0. The van der Waals surface area contributed by atoms with Gasteiger partial charge in [-0.1, -0.05) is 23.7 Å². The summed E-state index contributed by atoms with van der Waals surface area (Å²) in [5.41, 5.74) is 0.352. The quantitative estimate of drug-likeness (QED) is 0.399. The van der Waals surface area contributed by atoms with Crippen molar-refractivity contribution in [2.24, 2.45) is 5.14 Å². The van der Waals surface area contributed by atoms with Crippen LogP contribution in [0.3, 0.4) is 0 Å². The molecule has 2 aromatic heterocycles. The molecule has 4 N–H and O–H groups in total. The van der Waals surface area contributed by atoms with Gasteiger partial charge >= 0.3 is 0 Å². The van der Waals surface area contributed by atoms with E-state index in [1.807, 2.05) is 0 Å². The number of benzene rings is 2. The van der Waals surface area contributed by atoms with Crippen LogP contribution in [0.4, 0.5) is 0 Å². The van der Waals surface area contributed by atoms with E-state index in [9.17, 15) is 23.4 Å². The molecule has 0 aliphatic rings.